The molecule has 1 aliphatic heterocycles. The number of carbonyl (C=O) groups is 2. The third-order valence-electron chi connectivity index (χ3n) is 5.68. The number of carboxylic acid groups (broad SMARTS) is 1. The molecule has 0 saturated heterocycles. The molecule has 2 aromatic rings. The Morgan fingerprint density at radius 3 is 2.62 bits per heavy atom. The Hall–Kier alpha value is -2.24. The number of benzene rings is 2. The molecule has 2 aromatic carbocycles. The van der Waals surface area contributed by atoms with Crippen molar-refractivity contribution in [2.24, 2.45) is 5.92 Å². The lowest BCUT2D eigenvalue weighted by atomic mass is 9.91. The highest BCUT2D eigenvalue weighted by molar-refractivity contribution is 6.42. The van der Waals surface area contributed by atoms with Crippen LogP contribution in [0.2, 0.25) is 10.0 Å². The SMILES string of the molecule is CC(C)CCN(CCC(=O)O)C(=O)c1ccc2c(c1)C[C@](C)(Cc1cccc(Cl)c1Cl)O2. The molecule has 5 nitrogen and oxygen atoms in total. The van der Waals surface area contributed by atoms with E-state index >= 15 is 0 Å². The van der Waals surface area contributed by atoms with E-state index in [2.05, 4.69) is 13.8 Å². The minimum absolute atomic E-state index is 0.0731. The van der Waals surface area contributed by atoms with Crippen molar-refractivity contribution in [1.82, 2.24) is 4.90 Å². The number of fused-ring (bicyclic) bond motifs is 1. The smallest absolute Gasteiger partial charge is 0.305 e. The molecular weight excluding hydrogens is 449 g/mol. The fourth-order valence-electron chi connectivity index (χ4n) is 3.98. The normalized spacial score (nSPS) is 17.2. The second-order valence-corrected chi connectivity index (χ2v) is 9.84. The highest BCUT2D eigenvalue weighted by atomic mass is 35.5. The van der Waals surface area contributed by atoms with E-state index in [1.807, 2.05) is 31.2 Å². The molecule has 1 atom stereocenters. The molecule has 0 radical (unpaired) electrons. The van der Waals surface area contributed by atoms with Crippen LogP contribution in [0.3, 0.4) is 0 Å². The molecule has 0 fully saturated rings. The molecule has 7 heteroatoms. The second kappa shape index (κ2) is 10.1. The van der Waals surface area contributed by atoms with E-state index in [0.717, 1.165) is 23.3 Å². The molecule has 1 N–H and O–H groups in total. The second-order valence-electron chi connectivity index (χ2n) is 9.06. The summed E-state index contributed by atoms with van der Waals surface area (Å²) in [5.41, 5.74) is 1.92. The Balaban J connectivity index is 1.76. The monoisotopic (exact) mass is 477 g/mol. The number of rotatable bonds is 9. The van der Waals surface area contributed by atoms with Gasteiger partial charge in [0.1, 0.15) is 11.4 Å². The Labute approximate surface area is 199 Å². The number of nitrogens with zero attached hydrogens (tertiary/aromatic N) is 1. The van der Waals surface area contributed by atoms with Gasteiger partial charge in [0.2, 0.25) is 0 Å². The van der Waals surface area contributed by atoms with Crippen molar-refractivity contribution in [3.8, 4) is 5.75 Å². The Morgan fingerprint density at radius 2 is 1.94 bits per heavy atom. The van der Waals surface area contributed by atoms with E-state index in [1.54, 1.807) is 17.0 Å². The van der Waals surface area contributed by atoms with Crippen LogP contribution in [0.25, 0.3) is 0 Å². The average molecular weight is 478 g/mol. The van der Waals surface area contributed by atoms with Crippen LogP contribution in [-0.2, 0) is 17.6 Å². The lowest BCUT2D eigenvalue weighted by Gasteiger charge is -2.24. The van der Waals surface area contributed by atoms with Crippen LogP contribution in [0, 0.1) is 5.92 Å². The summed E-state index contributed by atoms with van der Waals surface area (Å²) in [4.78, 5) is 25.8. The highest BCUT2D eigenvalue weighted by Crippen LogP contribution is 2.39. The summed E-state index contributed by atoms with van der Waals surface area (Å²) >= 11 is 12.5. The first-order chi connectivity index (χ1) is 15.1. The van der Waals surface area contributed by atoms with Crippen molar-refractivity contribution in [3.05, 3.63) is 63.1 Å². The number of aliphatic carboxylic acids is 1. The van der Waals surface area contributed by atoms with Crippen molar-refractivity contribution >= 4 is 35.1 Å². The average Bonchev–Trinajstić information content (AvgIpc) is 3.05. The largest absolute Gasteiger partial charge is 0.487 e. The van der Waals surface area contributed by atoms with Gasteiger partial charge >= 0.3 is 5.97 Å². The molecule has 0 spiro atoms. The zero-order chi connectivity index (χ0) is 23.5. The number of hydrogen-bond acceptors (Lipinski definition) is 3. The minimum atomic E-state index is -0.912. The molecule has 0 aromatic heterocycles. The van der Waals surface area contributed by atoms with Gasteiger partial charge in [0, 0.05) is 31.5 Å². The summed E-state index contributed by atoms with van der Waals surface area (Å²) in [6.45, 7) is 6.91. The van der Waals surface area contributed by atoms with Gasteiger partial charge in [-0.05, 0) is 54.7 Å². The summed E-state index contributed by atoms with van der Waals surface area (Å²) in [5, 5.41) is 10.1. The molecule has 0 unspecified atom stereocenters. The Bertz CT molecular complexity index is 1010. The van der Waals surface area contributed by atoms with Gasteiger partial charge in [-0.2, -0.15) is 0 Å². The van der Waals surface area contributed by atoms with Gasteiger partial charge in [0.05, 0.1) is 16.5 Å². The molecule has 32 heavy (non-hydrogen) atoms. The fraction of sp³-hybridized carbons (Fsp3) is 0.440. The lowest BCUT2D eigenvalue weighted by Crippen LogP contribution is -2.34. The van der Waals surface area contributed by atoms with Crippen molar-refractivity contribution in [2.75, 3.05) is 13.1 Å². The van der Waals surface area contributed by atoms with Crippen LogP contribution >= 0.6 is 23.2 Å². The first-order valence-electron chi connectivity index (χ1n) is 10.8. The standard InChI is InChI=1S/C25H29Cl2NO4/c1-16(2)9-11-28(12-10-22(29)30)24(31)17-7-8-21-19(13-17)15-25(3,32-21)14-18-5-4-6-20(26)23(18)27/h4-8,13,16H,9-12,14-15H2,1-3H3,(H,29,30)/t25-/m0/s1. The van der Waals surface area contributed by atoms with Crippen LogP contribution in [-0.4, -0.2) is 40.6 Å². The number of carbonyl (C=O) groups excluding carboxylic acids is 1. The third-order valence-corrected chi connectivity index (χ3v) is 6.54. The summed E-state index contributed by atoms with van der Waals surface area (Å²) in [5.74, 6) is 0.107. The predicted molar refractivity (Wildman–Crippen MR) is 127 cm³/mol. The number of amides is 1. The number of ether oxygens (including phenoxy) is 1. The summed E-state index contributed by atoms with van der Waals surface area (Å²) in [6, 6.07) is 11.0. The van der Waals surface area contributed by atoms with Gasteiger partial charge in [0.15, 0.2) is 0 Å². The number of hydrogen-bond donors (Lipinski definition) is 1. The quantitative estimate of drug-likeness (QED) is 0.488. The van der Waals surface area contributed by atoms with Crippen molar-refractivity contribution in [2.45, 2.75) is 52.1 Å². The summed E-state index contributed by atoms with van der Waals surface area (Å²) in [7, 11) is 0. The van der Waals surface area contributed by atoms with Crippen LogP contribution in [0.4, 0.5) is 0 Å². The first-order valence-corrected chi connectivity index (χ1v) is 11.6. The third kappa shape index (κ3) is 5.96. The van der Waals surface area contributed by atoms with Crippen molar-refractivity contribution in [3.63, 3.8) is 0 Å². The van der Waals surface area contributed by atoms with Crippen LogP contribution < -0.4 is 4.74 Å². The predicted octanol–water partition coefficient (Wildman–Crippen LogP) is 5.89. The Morgan fingerprint density at radius 1 is 1.19 bits per heavy atom. The van der Waals surface area contributed by atoms with E-state index in [9.17, 15) is 9.59 Å². The van der Waals surface area contributed by atoms with Gasteiger partial charge in [-0.15, -0.1) is 0 Å². The molecule has 172 valence electrons. The Kier molecular flexibility index (Phi) is 7.73. The number of carboxylic acids is 1. The molecule has 3 rings (SSSR count). The lowest BCUT2D eigenvalue weighted by molar-refractivity contribution is -0.137. The molecule has 1 amide bonds. The molecule has 0 saturated carbocycles. The topological polar surface area (TPSA) is 66.8 Å². The molecule has 1 heterocycles. The van der Waals surface area contributed by atoms with E-state index in [1.165, 1.54) is 0 Å². The molecule has 0 aliphatic carbocycles. The maximum absolute atomic E-state index is 13.2. The zero-order valence-corrected chi connectivity index (χ0v) is 20.2. The first kappa shape index (κ1) is 24.4. The highest BCUT2D eigenvalue weighted by Gasteiger charge is 2.36. The zero-order valence-electron chi connectivity index (χ0n) is 18.7. The van der Waals surface area contributed by atoms with Gasteiger partial charge in [0.25, 0.3) is 5.91 Å². The van der Waals surface area contributed by atoms with Crippen LogP contribution in [0.15, 0.2) is 36.4 Å². The van der Waals surface area contributed by atoms with E-state index in [4.69, 9.17) is 33.0 Å². The van der Waals surface area contributed by atoms with Crippen molar-refractivity contribution in [1.29, 1.82) is 0 Å². The minimum Gasteiger partial charge on any atom is -0.487 e. The molecule has 0 bridgehead atoms. The maximum atomic E-state index is 13.2. The number of halogens is 2. The molecule has 1 aliphatic rings. The van der Waals surface area contributed by atoms with Gasteiger partial charge in [-0.1, -0.05) is 49.2 Å². The van der Waals surface area contributed by atoms with Crippen LogP contribution in [0.5, 0.6) is 5.75 Å². The van der Waals surface area contributed by atoms with Crippen LogP contribution in [0.1, 0.15) is 55.1 Å². The van der Waals surface area contributed by atoms with E-state index in [0.29, 0.717) is 40.9 Å². The van der Waals surface area contributed by atoms with E-state index in [-0.39, 0.29) is 18.9 Å². The van der Waals surface area contributed by atoms with Gasteiger partial charge in [-0.3, -0.25) is 9.59 Å². The summed E-state index contributed by atoms with van der Waals surface area (Å²) in [6.07, 6.45) is 1.96. The van der Waals surface area contributed by atoms with Crippen molar-refractivity contribution < 1.29 is 19.4 Å². The summed E-state index contributed by atoms with van der Waals surface area (Å²) < 4.78 is 6.24. The molecular formula is C25H29Cl2NO4. The fourth-order valence-corrected chi connectivity index (χ4v) is 4.37. The van der Waals surface area contributed by atoms with E-state index < -0.39 is 11.6 Å². The van der Waals surface area contributed by atoms with Gasteiger partial charge < -0.3 is 14.7 Å². The van der Waals surface area contributed by atoms with Gasteiger partial charge in [-0.25, -0.2) is 0 Å². The maximum Gasteiger partial charge on any atom is 0.305 e.